The molecule has 24 heavy (non-hydrogen) atoms. The highest BCUT2D eigenvalue weighted by Gasteiger charge is 2.26. The first-order chi connectivity index (χ1) is 11.4. The number of halogens is 1. The van der Waals surface area contributed by atoms with Crippen LogP contribution in [-0.2, 0) is 0 Å². The summed E-state index contributed by atoms with van der Waals surface area (Å²) in [5.74, 6) is 0.701. The molecule has 0 aliphatic carbocycles. The summed E-state index contributed by atoms with van der Waals surface area (Å²) in [4.78, 5) is 33.4. The molecule has 5 nitrogen and oxygen atoms in total. The van der Waals surface area contributed by atoms with Crippen LogP contribution < -0.4 is 5.56 Å². The van der Waals surface area contributed by atoms with E-state index in [0.29, 0.717) is 23.0 Å². The third-order valence-electron chi connectivity index (χ3n) is 4.41. The fourth-order valence-corrected chi connectivity index (χ4v) is 3.29. The van der Waals surface area contributed by atoms with E-state index in [-0.39, 0.29) is 17.4 Å². The van der Waals surface area contributed by atoms with Crippen LogP contribution in [0.3, 0.4) is 0 Å². The Morgan fingerprint density at radius 1 is 1.33 bits per heavy atom. The molecule has 1 aliphatic rings. The molecule has 6 heteroatoms. The minimum Gasteiger partial charge on any atom is -0.338 e. The molecule has 1 saturated heterocycles. The summed E-state index contributed by atoms with van der Waals surface area (Å²) in [6.07, 6.45) is 1.83. The highest BCUT2D eigenvalue weighted by atomic mass is 35.5. The molecule has 0 unspecified atom stereocenters. The van der Waals surface area contributed by atoms with Gasteiger partial charge >= 0.3 is 0 Å². The second kappa shape index (κ2) is 6.77. The molecular weight excluding hydrogens is 326 g/mol. The van der Waals surface area contributed by atoms with Crippen LogP contribution in [-0.4, -0.2) is 33.9 Å². The minimum atomic E-state index is -0.144. The van der Waals surface area contributed by atoms with Crippen molar-refractivity contribution in [3.8, 4) is 0 Å². The average molecular weight is 346 g/mol. The van der Waals surface area contributed by atoms with Gasteiger partial charge in [0, 0.05) is 35.7 Å². The summed E-state index contributed by atoms with van der Waals surface area (Å²) in [6, 6.07) is 6.88. The summed E-state index contributed by atoms with van der Waals surface area (Å²) in [7, 11) is 0. The zero-order valence-electron chi connectivity index (χ0n) is 13.8. The van der Waals surface area contributed by atoms with E-state index in [0.717, 1.165) is 30.6 Å². The number of piperidine rings is 1. The number of aromatic amines is 1. The van der Waals surface area contributed by atoms with E-state index in [2.05, 4.69) is 9.97 Å². The number of carbonyl (C=O) groups excluding carboxylic acids is 1. The van der Waals surface area contributed by atoms with Crippen molar-refractivity contribution >= 4 is 17.5 Å². The molecule has 0 saturated carbocycles. The van der Waals surface area contributed by atoms with Crippen LogP contribution in [0.4, 0.5) is 0 Å². The van der Waals surface area contributed by atoms with Crippen LogP contribution >= 0.6 is 11.6 Å². The van der Waals surface area contributed by atoms with Crippen LogP contribution in [0.1, 0.15) is 46.2 Å². The van der Waals surface area contributed by atoms with Crippen molar-refractivity contribution in [1.82, 2.24) is 14.9 Å². The first-order valence-electron chi connectivity index (χ1n) is 8.07. The number of benzene rings is 1. The average Bonchev–Trinajstić information content (AvgIpc) is 2.56. The highest BCUT2D eigenvalue weighted by molar-refractivity contribution is 6.31. The predicted molar refractivity (Wildman–Crippen MR) is 93.7 cm³/mol. The van der Waals surface area contributed by atoms with Crippen molar-refractivity contribution in [1.29, 1.82) is 0 Å². The van der Waals surface area contributed by atoms with Gasteiger partial charge in [-0.1, -0.05) is 11.6 Å². The van der Waals surface area contributed by atoms with Gasteiger partial charge in [-0.05, 0) is 50.5 Å². The molecule has 2 heterocycles. The SMILES string of the molecule is Cc1nc([C@H]2CCCN(C(=O)c3ccc(Cl)c(C)c3)C2)cc(=O)[nH]1. The maximum absolute atomic E-state index is 12.8. The van der Waals surface area contributed by atoms with Crippen molar-refractivity contribution in [2.24, 2.45) is 0 Å². The van der Waals surface area contributed by atoms with E-state index >= 15 is 0 Å². The van der Waals surface area contributed by atoms with E-state index in [1.54, 1.807) is 19.1 Å². The minimum absolute atomic E-state index is 0.000953. The van der Waals surface area contributed by atoms with E-state index in [4.69, 9.17) is 11.6 Å². The molecule has 1 aliphatic heterocycles. The number of hydrogen-bond donors (Lipinski definition) is 1. The smallest absolute Gasteiger partial charge is 0.253 e. The van der Waals surface area contributed by atoms with Gasteiger partial charge in [0.15, 0.2) is 0 Å². The van der Waals surface area contributed by atoms with Gasteiger partial charge < -0.3 is 9.88 Å². The Labute approximate surface area is 145 Å². The topological polar surface area (TPSA) is 66.1 Å². The molecule has 1 aromatic heterocycles. The molecule has 0 spiro atoms. The number of aromatic nitrogens is 2. The molecule has 1 amide bonds. The van der Waals surface area contributed by atoms with E-state index < -0.39 is 0 Å². The van der Waals surface area contributed by atoms with Gasteiger partial charge in [0.25, 0.3) is 11.5 Å². The Morgan fingerprint density at radius 2 is 2.12 bits per heavy atom. The lowest BCUT2D eigenvalue weighted by atomic mass is 9.94. The van der Waals surface area contributed by atoms with Gasteiger partial charge in [0.1, 0.15) is 5.82 Å². The molecule has 2 aromatic rings. The number of aryl methyl sites for hydroxylation is 2. The van der Waals surface area contributed by atoms with Gasteiger partial charge in [-0.2, -0.15) is 0 Å². The van der Waals surface area contributed by atoms with Gasteiger partial charge in [-0.3, -0.25) is 9.59 Å². The van der Waals surface area contributed by atoms with Crippen molar-refractivity contribution in [2.75, 3.05) is 13.1 Å². The van der Waals surface area contributed by atoms with Gasteiger partial charge in [0.2, 0.25) is 0 Å². The highest BCUT2D eigenvalue weighted by Crippen LogP contribution is 2.26. The molecule has 1 N–H and O–H groups in total. The summed E-state index contributed by atoms with van der Waals surface area (Å²) in [5, 5.41) is 0.659. The quantitative estimate of drug-likeness (QED) is 0.909. The van der Waals surface area contributed by atoms with Gasteiger partial charge in [-0.25, -0.2) is 4.98 Å². The zero-order valence-corrected chi connectivity index (χ0v) is 14.6. The number of amides is 1. The van der Waals surface area contributed by atoms with Crippen molar-refractivity contribution in [3.63, 3.8) is 0 Å². The molecule has 126 valence electrons. The normalized spacial score (nSPS) is 17.8. The molecule has 0 radical (unpaired) electrons. The van der Waals surface area contributed by atoms with Crippen LogP contribution in [0.15, 0.2) is 29.1 Å². The first-order valence-corrected chi connectivity index (χ1v) is 8.45. The monoisotopic (exact) mass is 345 g/mol. The van der Waals surface area contributed by atoms with Gasteiger partial charge in [-0.15, -0.1) is 0 Å². The lowest BCUT2D eigenvalue weighted by Crippen LogP contribution is -2.39. The second-order valence-corrected chi connectivity index (χ2v) is 6.72. The zero-order chi connectivity index (χ0) is 17.3. The van der Waals surface area contributed by atoms with Crippen LogP contribution in [0.2, 0.25) is 5.02 Å². The number of hydrogen-bond acceptors (Lipinski definition) is 3. The standard InChI is InChI=1S/C18H20ClN3O2/c1-11-8-13(5-6-15(11)19)18(24)22-7-3-4-14(10-22)16-9-17(23)21-12(2)20-16/h5-6,8-9,14H,3-4,7,10H2,1-2H3,(H,20,21,23)/t14-/m0/s1. The fraction of sp³-hybridized carbons (Fsp3) is 0.389. The number of nitrogens with one attached hydrogen (secondary N) is 1. The maximum atomic E-state index is 12.8. The van der Waals surface area contributed by atoms with Crippen LogP contribution in [0.25, 0.3) is 0 Å². The van der Waals surface area contributed by atoms with Crippen molar-refractivity contribution in [3.05, 3.63) is 62.3 Å². The lowest BCUT2D eigenvalue weighted by molar-refractivity contribution is 0.0705. The van der Waals surface area contributed by atoms with Crippen LogP contribution in [0.5, 0.6) is 0 Å². The number of likely N-dealkylation sites (tertiary alicyclic amines) is 1. The van der Waals surface area contributed by atoms with Gasteiger partial charge in [0.05, 0.1) is 5.69 Å². The number of nitrogens with zero attached hydrogens (tertiary/aromatic N) is 2. The molecule has 1 atom stereocenters. The third kappa shape index (κ3) is 3.51. The number of rotatable bonds is 2. The van der Waals surface area contributed by atoms with Crippen molar-refractivity contribution < 1.29 is 4.79 Å². The Morgan fingerprint density at radius 3 is 2.83 bits per heavy atom. The maximum Gasteiger partial charge on any atom is 0.253 e. The summed E-state index contributed by atoms with van der Waals surface area (Å²) < 4.78 is 0. The second-order valence-electron chi connectivity index (χ2n) is 6.31. The van der Waals surface area contributed by atoms with Crippen LogP contribution in [0, 0.1) is 13.8 Å². The Bertz CT molecular complexity index is 831. The Balaban J connectivity index is 1.81. The number of H-pyrrole nitrogens is 1. The van der Waals surface area contributed by atoms with E-state index in [1.807, 2.05) is 17.9 Å². The summed E-state index contributed by atoms with van der Waals surface area (Å²) in [6.45, 7) is 4.96. The first kappa shape index (κ1) is 16.7. The largest absolute Gasteiger partial charge is 0.338 e. The Kier molecular flexibility index (Phi) is 4.71. The number of carbonyl (C=O) groups is 1. The Hall–Kier alpha value is -2.14. The van der Waals surface area contributed by atoms with E-state index in [1.165, 1.54) is 6.07 Å². The van der Waals surface area contributed by atoms with Crippen molar-refractivity contribution in [2.45, 2.75) is 32.6 Å². The summed E-state index contributed by atoms with van der Waals surface area (Å²) in [5.41, 5.74) is 2.16. The molecular formula is C18H20ClN3O2. The summed E-state index contributed by atoms with van der Waals surface area (Å²) >= 11 is 6.04. The third-order valence-corrected chi connectivity index (χ3v) is 4.84. The lowest BCUT2D eigenvalue weighted by Gasteiger charge is -2.32. The molecule has 1 aromatic carbocycles. The molecule has 3 rings (SSSR count). The molecule has 1 fully saturated rings. The van der Waals surface area contributed by atoms with E-state index in [9.17, 15) is 9.59 Å². The fourth-order valence-electron chi connectivity index (χ4n) is 3.18. The predicted octanol–water partition coefficient (Wildman–Crippen LogP) is 3.06. The molecule has 0 bridgehead atoms.